The van der Waals surface area contributed by atoms with E-state index in [0.29, 0.717) is 18.8 Å². The first-order chi connectivity index (χ1) is 10.0. The quantitative estimate of drug-likeness (QED) is 0.887. The third-order valence-electron chi connectivity index (χ3n) is 2.77. The van der Waals surface area contributed by atoms with Crippen molar-refractivity contribution in [2.45, 2.75) is 18.6 Å². The van der Waals surface area contributed by atoms with E-state index in [1.807, 2.05) is 0 Å². The third-order valence-corrected chi connectivity index (χ3v) is 2.77. The predicted molar refractivity (Wildman–Crippen MR) is 68.6 cm³/mol. The van der Waals surface area contributed by atoms with Crippen molar-refractivity contribution in [2.24, 2.45) is 0 Å². The number of hydrogen-bond acceptors (Lipinski definition) is 5. The summed E-state index contributed by atoms with van der Waals surface area (Å²) in [4.78, 5) is 0. The molecule has 0 fully saturated rings. The number of halogens is 3. The molecule has 0 spiro atoms. The van der Waals surface area contributed by atoms with Crippen molar-refractivity contribution in [1.82, 2.24) is 10.2 Å². The SMILES string of the molecule is COCCC(Nc1ccc(C(F)(F)F)nn1)c1ccco1. The molecule has 0 aliphatic carbocycles. The Hall–Kier alpha value is -2.09. The number of anilines is 1. The molecule has 0 radical (unpaired) electrons. The minimum atomic E-state index is -4.50. The molecule has 2 rings (SSSR count). The zero-order chi connectivity index (χ0) is 15.3. The van der Waals surface area contributed by atoms with Gasteiger partial charge in [0.25, 0.3) is 0 Å². The van der Waals surface area contributed by atoms with Crippen molar-refractivity contribution in [3.63, 3.8) is 0 Å². The Bertz CT molecular complexity index is 541. The lowest BCUT2D eigenvalue weighted by Crippen LogP contribution is -2.15. The summed E-state index contributed by atoms with van der Waals surface area (Å²) in [7, 11) is 1.57. The number of aromatic nitrogens is 2. The van der Waals surface area contributed by atoms with Crippen molar-refractivity contribution < 1.29 is 22.3 Å². The highest BCUT2D eigenvalue weighted by Gasteiger charge is 2.33. The second kappa shape index (κ2) is 6.57. The molecular weight excluding hydrogens is 287 g/mol. The Kier molecular flexibility index (Phi) is 4.79. The van der Waals surface area contributed by atoms with Crippen LogP contribution < -0.4 is 5.32 Å². The summed E-state index contributed by atoms with van der Waals surface area (Å²) in [5.41, 5.74) is -1.03. The maximum atomic E-state index is 12.4. The van der Waals surface area contributed by atoms with Gasteiger partial charge in [-0.2, -0.15) is 13.2 Å². The minimum absolute atomic E-state index is 0.237. The number of nitrogens with one attached hydrogen (secondary N) is 1. The Morgan fingerprint density at radius 2 is 2.10 bits per heavy atom. The highest BCUT2D eigenvalue weighted by Crippen LogP contribution is 2.28. The van der Waals surface area contributed by atoms with E-state index in [1.165, 1.54) is 12.3 Å². The lowest BCUT2D eigenvalue weighted by molar-refractivity contribution is -0.141. The standard InChI is InChI=1S/C13H14F3N3O2/c1-20-8-6-9(10-3-2-7-21-10)17-12-5-4-11(18-19-12)13(14,15)16/h2-5,7,9H,6,8H2,1H3,(H,17,19). The molecule has 0 aliphatic heterocycles. The molecule has 21 heavy (non-hydrogen) atoms. The van der Waals surface area contributed by atoms with Crippen molar-refractivity contribution in [3.05, 3.63) is 42.0 Å². The van der Waals surface area contributed by atoms with Crippen LogP contribution in [0, 0.1) is 0 Å². The normalized spacial score (nSPS) is 13.1. The maximum absolute atomic E-state index is 12.4. The Morgan fingerprint density at radius 1 is 1.29 bits per heavy atom. The van der Waals surface area contributed by atoms with E-state index < -0.39 is 11.9 Å². The fourth-order valence-electron chi connectivity index (χ4n) is 1.75. The summed E-state index contributed by atoms with van der Waals surface area (Å²) < 4.78 is 47.6. The zero-order valence-electron chi connectivity index (χ0n) is 11.2. The van der Waals surface area contributed by atoms with E-state index in [1.54, 1.807) is 19.2 Å². The van der Waals surface area contributed by atoms with Crippen LogP contribution in [-0.4, -0.2) is 23.9 Å². The van der Waals surface area contributed by atoms with Crippen LogP contribution in [0.4, 0.5) is 19.0 Å². The molecule has 0 saturated heterocycles. The topological polar surface area (TPSA) is 60.2 Å². The van der Waals surface area contributed by atoms with Crippen LogP contribution in [0.15, 0.2) is 34.9 Å². The number of ether oxygens (including phenoxy) is 1. The number of furan rings is 1. The third kappa shape index (κ3) is 4.19. The molecule has 0 bridgehead atoms. The molecule has 5 nitrogen and oxygen atoms in total. The van der Waals surface area contributed by atoms with Crippen LogP contribution in [0.25, 0.3) is 0 Å². The fourth-order valence-corrected chi connectivity index (χ4v) is 1.75. The summed E-state index contributed by atoms with van der Waals surface area (Å²) in [5.74, 6) is 0.884. The smallest absolute Gasteiger partial charge is 0.435 e. The first-order valence-electron chi connectivity index (χ1n) is 6.20. The summed E-state index contributed by atoms with van der Waals surface area (Å²) >= 11 is 0. The van der Waals surface area contributed by atoms with Crippen molar-refractivity contribution in [2.75, 3.05) is 19.0 Å². The van der Waals surface area contributed by atoms with Crippen LogP contribution in [-0.2, 0) is 10.9 Å². The minimum Gasteiger partial charge on any atom is -0.467 e. The molecule has 0 saturated carbocycles. The second-order valence-corrected chi connectivity index (χ2v) is 4.30. The van der Waals surface area contributed by atoms with Crippen LogP contribution in [0.1, 0.15) is 23.9 Å². The van der Waals surface area contributed by atoms with E-state index in [0.717, 1.165) is 6.07 Å². The van der Waals surface area contributed by atoms with Crippen LogP contribution in [0.2, 0.25) is 0 Å². The van der Waals surface area contributed by atoms with Crippen molar-refractivity contribution in [1.29, 1.82) is 0 Å². The molecule has 1 atom stereocenters. The monoisotopic (exact) mass is 301 g/mol. The number of hydrogen-bond donors (Lipinski definition) is 1. The fraction of sp³-hybridized carbons (Fsp3) is 0.385. The number of methoxy groups -OCH3 is 1. The summed E-state index contributed by atoms with van der Waals surface area (Å²) in [5, 5.41) is 9.68. The van der Waals surface area contributed by atoms with Gasteiger partial charge in [0.15, 0.2) is 5.69 Å². The van der Waals surface area contributed by atoms with Gasteiger partial charge >= 0.3 is 6.18 Å². The molecule has 1 unspecified atom stereocenters. The van der Waals surface area contributed by atoms with Gasteiger partial charge in [0.2, 0.25) is 0 Å². The highest BCUT2D eigenvalue weighted by atomic mass is 19.4. The average Bonchev–Trinajstić information content (AvgIpc) is 2.97. The second-order valence-electron chi connectivity index (χ2n) is 4.30. The van der Waals surface area contributed by atoms with Gasteiger partial charge in [0.1, 0.15) is 11.6 Å². The van der Waals surface area contributed by atoms with Gasteiger partial charge in [0.05, 0.1) is 12.3 Å². The summed E-state index contributed by atoms with van der Waals surface area (Å²) in [6, 6.07) is 5.36. The van der Waals surface area contributed by atoms with Gasteiger partial charge in [-0.1, -0.05) is 0 Å². The lowest BCUT2D eigenvalue weighted by Gasteiger charge is -2.16. The Balaban J connectivity index is 2.09. The molecule has 2 aromatic rings. The van der Waals surface area contributed by atoms with Gasteiger partial charge in [-0.3, -0.25) is 0 Å². The average molecular weight is 301 g/mol. The lowest BCUT2D eigenvalue weighted by atomic mass is 10.1. The maximum Gasteiger partial charge on any atom is 0.435 e. The molecule has 8 heteroatoms. The molecule has 114 valence electrons. The van der Waals surface area contributed by atoms with Crippen LogP contribution >= 0.6 is 0 Å². The largest absolute Gasteiger partial charge is 0.467 e. The van der Waals surface area contributed by atoms with Gasteiger partial charge < -0.3 is 14.5 Å². The zero-order valence-corrected chi connectivity index (χ0v) is 11.2. The first kappa shape index (κ1) is 15.3. The van der Waals surface area contributed by atoms with E-state index in [-0.39, 0.29) is 11.9 Å². The Morgan fingerprint density at radius 3 is 2.62 bits per heavy atom. The molecule has 2 heterocycles. The highest BCUT2D eigenvalue weighted by molar-refractivity contribution is 5.36. The molecule has 2 aromatic heterocycles. The Labute approximate surface area is 119 Å². The van der Waals surface area contributed by atoms with E-state index in [4.69, 9.17) is 9.15 Å². The molecule has 0 amide bonds. The van der Waals surface area contributed by atoms with Crippen molar-refractivity contribution >= 4 is 5.82 Å². The van der Waals surface area contributed by atoms with E-state index >= 15 is 0 Å². The molecular formula is C13H14F3N3O2. The predicted octanol–water partition coefficient (Wildman–Crippen LogP) is 3.28. The summed E-state index contributed by atoms with van der Waals surface area (Å²) in [6.45, 7) is 0.465. The number of rotatable bonds is 6. The molecule has 0 aliphatic rings. The van der Waals surface area contributed by atoms with Gasteiger partial charge in [-0.05, 0) is 30.7 Å². The van der Waals surface area contributed by atoms with Crippen LogP contribution in [0.5, 0.6) is 0 Å². The van der Waals surface area contributed by atoms with Gasteiger partial charge in [0, 0.05) is 13.7 Å². The van der Waals surface area contributed by atoms with E-state index in [2.05, 4.69) is 15.5 Å². The number of alkyl halides is 3. The summed E-state index contributed by atoms with van der Waals surface area (Å²) in [6.07, 6.45) is -2.40. The van der Waals surface area contributed by atoms with Gasteiger partial charge in [-0.25, -0.2) is 0 Å². The first-order valence-corrected chi connectivity index (χ1v) is 6.20. The van der Waals surface area contributed by atoms with Crippen LogP contribution in [0.3, 0.4) is 0 Å². The van der Waals surface area contributed by atoms with Gasteiger partial charge in [-0.15, -0.1) is 10.2 Å². The molecule has 1 N–H and O–H groups in total. The number of nitrogens with zero attached hydrogens (tertiary/aromatic N) is 2. The molecule has 0 aromatic carbocycles. The van der Waals surface area contributed by atoms with Crippen molar-refractivity contribution in [3.8, 4) is 0 Å². The van der Waals surface area contributed by atoms with E-state index in [9.17, 15) is 13.2 Å².